The maximum absolute atomic E-state index is 11.0. The Hall–Kier alpha value is -1.42. The molecule has 0 radical (unpaired) electrons. The molecule has 1 aromatic heterocycles. The summed E-state index contributed by atoms with van der Waals surface area (Å²) in [6.45, 7) is 2.08. The van der Waals surface area contributed by atoms with Crippen molar-refractivity contribution in [2.75, 3.05) is 5.75 Å². The fraction of sp³-hybridized carbons (Fsp3) is 0.250. The molecule has 16 heavy (non-hydrogen) atoms. The zero-order valence-corrected chi connectivity index (χ0v) is 9.71. The van der Waals surface area contributed by atoms with Crippen molar-refractivity contribution in [3.8, 4) is 0 Å². The number of aromatic carboxylic acids is 1. The molecule has 2 rings (SSSR count). The van der Waals surface area contributed by atoms with Crippen LogP contribution in [0.3, 0.4) is 0 Å². The van der Waals surface area contributed by atoms with Crippen LogP contribution in [-0.4, -0.2) is 16.8 Å². The van der Waals surface area contributed by atoms with Crippen LogP contribution in [-0.2, 0) is 5.75 Å². The van der Waals surface area contributed by atoms with Crippen molar-refractivity contribution in [2.45, 2.75) is 12.7 Å². The fourth-order valence-electron chi connectivity index (χ4n) is 1.57. The van der Waals surface area contributed by atoms with E-state index in [4.69, 9.17) is 9.52 Å². The molecule has 0 aliphatic carbocycles. The van der Waals surface area contributed by atoms with Crippen LogP contribution in [0.1, 0.15) is 23.0 Å². The standard InChI is InChI=1S/C12H12O3S/c1-2-16-7-8-6-10-9(12(13)14)4-3-5-11(10)15-8/h3-6H,2,7H2,1H3,(H,13,14). The van der Waals surface area contributed by atoms with Crippen LogP contribution in [0, 0.1) is 0 Å². The van der Waals surface area contributed by atoms with Crippen molar-refractivity contribution in [3.05, 3.63) is 35.6 Å². The summed E-state index contributed by atoms with van der Waals surface area (Å²) in [5.41, 5.74) is 0.945. The van der Waals surface area contributed by atoms with Crippen molar-refractivity contribution in [3.63, 3.8) is 0 Å². The first-order chi connectivity index (χ1) is 7.72. The molecule has 4 heteroatoms. The van der Waals surface area contributed by atoms with Gasteiger partial charge in [-0.05, 0) is 24.0 Å². The highest BCUT2D eigenvalue weighted by atomic mass is 32.2. The van der Waals surface area contributed by atoms with Crippen molar-refractivity contribution in [1.29, 1.82) is 0 Å². The number of rotatable bonds is 4. The van der Waals surface area contributed by atoms with E-state index >= 15 is 0 Å². The molecule has 0 fully saturated rings. The van der Waals surface area contributed by atoms with Crippen LogP contribution in [0.15, 0.2) is 28.7 Å². The number of carbonyl (C=O) groups is 1. The van der Waals surface area contributed by atoms with Crippen LogP contribution in [0.2, 0.25) is 0 Å². The minimum Gasteiger partial charge on any atom is -0.478 e. The zero-order chi connectivity index (χ0) is 11.5. The van der Waals surface area contributed by atoms with Gasteiger partial charge in [-0.3, -0.25) is 0 Å². The fourth-order valence-corrected chi connectivity index (χ4v) is 2.12. The summed E-state index contributed by atoms with van der Waals surface area (Å²) in [5, 5.41) is 9.70. The maximum atomic E-state index is 11.0. The van der Waals surface area contributed by atoms with Gasteiger partial charge in [-0.15, -0.1) is 0 Å². The first-order valence-electron chi connectivity index (χ1n) is 5.05. The van der Waals surface area contributed by atoms with Crippen LogP contribution >= 0.6 is 11.8 Å². The monoisotopic (exact) mass is 236 g/mol. The van der Waals surface area contributed by atoms with Crippen molar-refractivity contribution in [2.24, 2.45) is 0 Å². The Morgan fingerprint density at radius 3 is 3.00 bits per heavy atom. The molecule has 0 saturated heterocycles. The molecule has 0 unspecified atom stereocenters. The largest absolute Gasteiger partial charge is 0.478 e. The highest BCUT2D eigenvalue weighted by Crippen LogP contribution is 2.25. The van der Waals surface area contributed by atoms with Gasteiger partial charge in [-0.25, -0.2) is 4.79 Å². The van der Waals surface area contributed by atoms with E-state index in [2.05, 4.69) is 6.92 Å². The van der Waals surface area contributed by atoms with Crippen LogP contribution in [0.25, 0.3) is 11.0 Å². The van der Waals surface area contributed by atoms with Crippen LogP contribution < -0.4 is 0 Å². The predicted molar refractivity (Wildman–Crippen MR) is 65.0 cm³/mol. The second kappa shape index (κ2) is 4.61. The number of furan rings is 1. The Morgan fingerprint density at radius 2 is 2.31 bits per heavy atom. The van der Waals surface area contributed by atoms with E-state index in [0.29, 0.717) is 16.5 Å². The van der Waals surface area contributed by atoms with Gasteiger partial charge in [0.15, 0.2) is 0 Å². The molecule has 3 nitrogen and oxygen atoms in total. The Balaban J connectivity index is 2.44. The lowest BCUT2D eigenvalue weighted by Crippen LogP contribution is -1.95. The zero-order valence-electron chi connectivity index (χ0n) is 8.90. The molecule has 1 heterocycles. The summed E-state index contributed by atoms with van der Waals surface area (Å²) >= 11 is 1.75. The molecule has 1 aromatic carbocycles. The molecule has 0 aliphatic rings. The van der Waals surface area contributed by atoms with Gasteiger partial charge in [0.2, 0.25) is 0 Å². The number of carboxylic acids is 1. The second-order valence-electron chi connectivity index (χ2n) is 3.37. The lowest BCUT2D eigenvalue weighted by atomic mass is 10.1. The van der Waals surface area contributed by atoms with E-state index in [9.17, 15) is 4.79 Å². The molecule has 0 atom stereocenters. The lowest BCUT2D eigenvalue weighted by Gasteiger charge is -1.93. The Kier molecular flexibility index (Phi) is 3.19. The maximum Gasteiger partial charge on any atom is 0.336 e. The second-order valence-corrected chi connectivity index (χ2v) is 4.65. The van der Waals surface area contributed by atoms with E-state index in [-0.39, 0.29) is 0 Å². The quantitative estimate of drug-likeness (QED) is 0.884. The number of benzene rings is 1. The number of hydrogen-bond donors (Lipinski definition) is 1. The van der Waals surface area contributed by atoms with Gasteiger partial charge >= 0.3 is 5.97 Å². The van der Waals surface area contributed by atoms with E-state index in [1.54, 1.807) is 30.0 Å². The molecule has 1 N–H and O–H groups in total. The van der Waals surface area contributed by atoms with Crippen LogP contribution in [0.5, 0.6) is 0 Å². The molecular weight excluding hydrogens is 224 g/mol. The summed E-state index contributed by atoms with van der Waals surface area (Å²) in [6.07, 6.45) is 0. The highest BCUT2D eigenvalue weighted by molar-refractivity contribution is 7.98. The summed E-state index contributed by atoms with van der Waals surface area (Å²) in [5.74, 6) is 1.71. The number of carboxylic acid groups (broad SMARTS) is 1. The molecule has 0 amide bonds. The average molecular weight is 236 g/mol. The van der Waals surface area contributed by atoms with Crippen LogP contribution in [0.4, 0.5) is 0 Å². The minimum absolute atomic E-state index is 0.300. The normalized spacial score (nSPS) is 10.8. The summed E-state index contributed by atoms with van der Waals surface area (Å²) < 4.78 is 5.58. The van der Waals surface area contributed by atoms with E-state index in [1.165, 1.54) is 0 Å². The number of thioether (sulfide) groups is 1. The topological polar surface area (TPSA) is 50.4 Å². The molecule has 0 aliphatic heterocycles. The summed E-state index contributed by atoms with van der Waals surface area (Å²) in [4.78, 5) is 11.0. The Labute approximate surface area is 97.4 Å². The first kappa shape index (κ1) is 11.1. The van der Waals surface area contributed by atoms with Gasteiger partial charge in [0.25, 0.3) is 0 Å². The molecule has 0 saturated carbocycles. The van der Waals surface area contributed by atoms with Crippen molar-refractivity contribution < 1.29 is 14.3 Å². The third-order valence-corrected chi connectivity index (χ3v) is 3.19. The molecule has 2 aromatic rings. The van der Waals surface area contributed by atoms with Crippen molar-refractivity contribution >= 4 is 28.7 Å². The highest BCUT2D eigenvalue weighted by Gasteiger charge is 2.12. The molecular formula is C12H12O3S. The summed E-state index contributed by atoms with van der Waals surface area (Å²) in [6, 6.07) is 6.91. The SMILES string of the molecule is CCSCc1cc2c(C(=O)O)cccc2o1. The minimum atomic E-state index is -0.916. The average Bonchev–Trinajstić information content (AvgIpc) is 2.68. The molecule has 84 valence electrons. The smallest absolute Gasteiger partial charge is 0.336 e. The third kappa shape index (κ3) is 2.07. The van der Waals surface area contributed by atoms with Gasteiger partial charge in [0, 0.05) is 5.39 Å². The van der Waals surface area contributed by atoms with Gasteiger partial charge < -0.3 is 9.52 Å². The van der Waals surface area contributed by atoms with E-state index in [0.717, 1.165) is 17.3 Å². The van der Waals surface area contributed by atoms with E-state index < -0.39 is 5.97 Å². The number of hydrogen-bond acceptors (Lipinski definition) is 3. The molecule has 0 spiro atoms. The van der Waals surface area contributed by atoms with Gasteiger partial charge in [0.1, 0.15) is 11.3 Å². The third-order valence-electron chi connectivity index (χ3n) is 2.29. The predicted octanol–water partition coefficient (Wildman–Crippen LogP) is 3.38. The Morgan fingerprint density at radius 1 is 1.50 bits per heavy atom. The Bertz CT molecular complexity index is 516. The molecule has 0 bridgehead atoms. The first-order valence-corrected chi connectivity index (χ1v) is 6.20. The van der Waals surface area contributed by atoms with Gasteiger partial charge in [-0.2, -0.15) is 11.8 Å². The number of fused-ring (bicyclic) bond motifs is 1. The van der Waals surface area contributed by atoms with Gasteiger partial charge in [-0.1, -0.05) is 13.0 Å². The van der Waals surface area contributed by atoms with Crippen molar-refractivity contribution in [1.82, 2.24) is 0 Å². The van der Waals surface area contributed by atoms with E-state index in [1.807, 2.05) is 6.07 Å². The van der Waals surface area contributed by atoms with Gasteiger partial charge in [0.05, 0.1) is 11.3 Å². The summed E-state index contributed by atoms with van der Waals surface area (Å²) in [7, 11) is 0. The lowest BCUT2D eigenvalue weighted by molar-refractivity contribution is 0.0699.